The van der Waals surface area contributed by atoms with Gasteiger partial charge in [-0.1, -0.05) is 18.2 Å². The zero-order valence-corrected chi connectivity index (χ0v) is 18.3. The molecule has 4 aliphatic rings. The Morgan fingerprint density at radius 2 is 1.66 bits per heavy atom. The molecule has 0 aromatic heterocycles. The fourth-order valence-electron chi connectivity index (χ4n) is 4.83. The van der Waals surface area contributed by atoms with Crippen LogP contribution in [0.5, 0.6) is 0 Å². The first-order chi connectivity index (χ1) is 16.6. The molecule has 0 atom stereocenters. The first-order valence-corrected chi connectivity index (χ1v) is 11.0. The van der Waals surface area contributed by atoms with E-state index in [0.29, 0.717) is 44.5 Å². The van der Waals surface area contributed by atoms with Crippen molar-refractivity contribution in [3.63, 3.8) is 0 Å². The zero-order valence-electron chi connectivity index (χ0n) is 18.3. The van der Waals surface area contributed by atoms with Gasteiger partial charge in [-0.3, -0.25) is 0 Å². The maximum Gasteiger partial charge on any atom is 0.361 e. The molecule has 3 heterocycles. The number of hydrogen-bond donors (Lipinski definition) is 1. The number of aromatic carboxylic acids is 1. The van der Waals surface area contributed by atoms with Crippen LogP contribution in [-0.2, 0) is 0 Å². The lowest BCUT2D eigenvalue weighted by atomic mass is 9.90. The van der Waals surface area contributed by atoms with E-state index in [1.54, 1.807) is 54.6 Å². The molecule has 2 aromatic rings. The quantitative estimate of drug-likeness (QED) is 0.259. The highest BCUT2D eigenvalue weighted by Crippen LogP contribution is 2.43. The number of carboxylic acid groups (broad SMARTS) is 1. The summed E-state index contributed by atoms with van der Waals surface area (Å²) >= 11 is 0. The van der Waals surface area contributed by atoms with Crippen LogP contribution in [0.25, 0.3) is 33.4 Å². The fourth-order valence-corrected chi connectivity index (χ4v) is 4.83. The molecule has 35 heavy (non-hydrogen) atoms. The van der Waals surface area contributed by atoms with Crippen molar-refractivity contribution in [2.75, 3.05) is 31.1 Å². The van der Waals surface area contributed by atoms with Gasteiger partial charge in [0.05, 0.1) is 24.7 Å². The van der Waals surface area contributed by atoms with Crippen molar-refractivity contribution in [1.29, 1.82) is 0 Å². The summed E-state index contributed by atoms with van der Waals surface area (Å²) in [5, 5.41) is 11.0. The minimum absolute atomic E-state index is 0.0965. The summed E-state index contributed by atoms with van der Waals surface area (Å²) < 4.78 is 61.4. The molecule has 2 saturated heterocycles. The topological polar surface area (TPSA) is 56.7 Å². The molecule has 9 heteroatoms. The van der Waals surface area contributed by atoms with Gasteiger partial charge in [0.2, 0.25) is 18.4 Å². The fraction of sp³-hybridized carbons (Fsp3) is 0.231. The molecule has 1 N–H and O–H groups in total. The van der Waals surface area contributed by atoms with Crippen LogP contribution in [0, 0.1) is 0 Å². The Bertz CT molecular complexity index is 1540. The summed E-state index contributed by atoms with van der Waals surface area (Å²) in [5.41, 5.74) is 2.73. The van der Waals surface area contributed by atoms with Gasteiger partial charge in [-0.15, -0.1) is 0 Å². The Hall–Kier alpha value is -3.88. The molecule has 0 amide bonds. The summed E-state index contributed by atoms with van der Waals surface area (Å²) in [6, 6.07) is 16.8. The molecule has 0 unspecified atom stereocenters. The van der Waals surface area contributed by atoms with E-state index in [1.165, 1.54) is 15.5 Å². The molecule has 0 saturated carbocycles. The van der Waals surface area contributed by atoms with Crippen LogP contribution >= 0.6 is 0 Å². The van der Waals surface area contributed by atoms with Gasteiger partial charge in [0, 0.05) is 34.3 Å². The number of carbonyl (C=O) groups is 1. The molecule has 2 fully saturated rings. The Balaban J connectivity index is 1.61. The third-order valence-corrected chi connectivity index (χ3v) is 6.53. The van der Waals surface area contributed by atoms with E-state index >= 15 is 0 Å². The summed E-state index contributed by atoms with van der Waals surface area (Å²) in [5.74, 6) is -6.20. The van der Waals surface area contributed by atoms with E-state index in [9.17, 15) is 27.5 Å². The van der Waals surface area contributed by atoms with E-state index in [-0.39, 0.29) is 5.56 Å². The molecule has 5 nitrogen and oxygen atoms in total. The predicted octanol–water partition coefficient (Wildman–Crippen LogP) is 4.78. The number of fused-ring (bicyclic) bond motifs is 2. The number of rotatable bonds is 3. The van der Waals surface area contributed by atoms with Crippen molar-refractivity contribution in [1.82, 2.24) is 4.58 Å². The Morgan fingerprint density at radius 3 is 2.34 bits per heavy atom. The number of nitrogens with zero attached hydrogens (tertiary/aromatic N) is 2. The highest BCUT2D eigenvalue weighted by atomic mass is 19.3. The lowest BCUT2D eigenvalue weighted by Crippen LogP contribution is -2.57. The average Bonchev–Trinajstić information content (AvgIpc) is 2.78. The van der Waals surface area contributed by atoms with Crippen LogP contribution in [-0.4, -0.2) is 49.1 Å². The summed E-state index contributed by atoms with van der Waals surface area (Å²) in [7, 11) is 0. The second-order valence-electron chi connectivity index (χ2n) is 9.11. The van der Waals surface area contributed by atoms with Crippen molar-refractivity contribution in [2.24, 2.45) is 0 Å². The lowest BCUT2D eigenvalue weighted by molar-refractivity contribution is -0.0644. The molecule has 1 aliphatic carbocycles. The van der Waals surface area contributed by atoms with Gasteiger partial charge in [0.1, 0.15) is 11.3 Å². The molecule has 6 rings (SSSR count). The van der Waals surface area contributed by atoms with E-state index in [0.717, 1.165) is 0 Å². The van der Waals surface area contributed by atoms with Gasteiger partial charge < -0.3 is 14.4 Å². The van der Waals surface area contributed by atoms with Gasteiger partial charge in [0.15, 0.2) is 0 Å². The molecule has 0 radical (unpaired) electrons. The standard InChI is InChI=1S/C26H18F4N2O3/c27-25(28)11-31(12-25)15-5-7-19-21(9-15)35-22-10-16(32-13-26(29,30)14-32)6-8-20(22)23(19)17-3-1-2-4-18(17)24(33)34/h1-10H,11-14H2/p+1. The number of alkyl halides is 4. The number of benzene rings is 3. The maximum absolute atomic E-state index is 13.4. The molecular weight excluding hydrogens is 464 g/mol. The summed E-state index contributed by atoms with van der Waals surface area (Å²) in [6.45, 7) is -1.58. The molecule has 3 aliphatic heterocycles. The van der Waals surface area contributed by atoms with Crippen LogP contribution in [0.4, 0.5) is 23.2 Å². The number of anilines is 1. The molecule has 0 bridgehead atoms. The zero-order chi connectivity index (χ0) is 24.5. The van der Waals surface area contributed by atoms with Crippen molar-refractivity contribution in [3.8, 4) is 22.5 Å². The second-order valence-corrected chi connectivity index (χ2v) is 9.11. The first-order valence-electron chi connectivity index (χ1n) is 11.0. The van der Waals surface area contributed by atoms with Crippen molar-refractivity contribution in [2.45, 2.75) is 11.8 Å². The van der Waals surface area contributed by atoms with Crippen molar-refractivity contribution >= 4 is 22.6 Å². The van der Waals surface area contributed by atoms with Gasteiger partial charge in [0.25, 0.3) is 5.92 Å². The normalized spacial score (nSPS) is 18.4. The number of halogens is 4. The third kappa shape index (κ3) is 3.62. The van der Waals surface area contributed by atoms with E-state index in [4.69, 9.17) is 4.42 Å². The average molecular weight is 483 g/mol. The molecule has 0 spiro atoms. The Labute approximate surface area is 196 Å². The van der Waals surface area contributed by atoms with Gasteiger partial charge in [-0.05, 0) is 29.8 Å². The van der Waals surface area contributed by atoms with Crippen molar-refractivity contribution < 1.29 is 31.9 Å². The summed E-state index contributed by atoms with van der Waals surface area (Å²) in [4.78, 5) is 13.5. The minimum atomic E-state index is -2.74. The molecule has 178 valence electrons. The van der Waals surface area contributed by atoms with Gasteiger partial charge in [-0.25, -0.2) is 18.2 Å². The Kier molecular flexibility index (Phi) is 4.52. The largest absolute Gasteiger partial charge is 0.478 e. The van der Waals surface area contributed by atoms with Gasteiger partial charge in [-0.2, -0.15) is 8.78 Å². The van der Waals surface area contributed by atoms with Gasteiger partial charge >= 0.3 is 11.9 Å². The van der Waals surface area contributed by atoms with Crippen LogP contribution in [0.15, 0.2) is 65.1 Å². The van der Waals surface area contributed by atoms with Crippen molar-refractivity contribution in [3.05, 3.63) is 71.6 Å². The highest BCUT2D eigenvalue weighted by molar-refractivity contribution is 6.07. The number of carboxylic acids is 1. The molecule has 2 aromatic carbocycles. The van der Waals surface area contributed by atoms with Crippen LogP contribution in [0.1, 0.15) is 10.4 Å². The van der Waals surface area contributed by atoms with E-state index in [1.807, 2.05) is 0 Å². The van der Waals surface area contributed by atoms with E-state index < -0.39 is 44.0 Å². The third-order valence-electron chi connectivity index (χ3n) is 6.53. The predicted molar refractivity (Wildman–Crippen MR) is 122 cm³/mol. The molecular formula is C26H19F4N2O3+. The van der Waals surface area contributed by atoms with Crippen LogP contribution in [0.2, 0.25) is 0 Å². The SMILES string of the molecule is O=C(O)c1ccccc1-c1c2ccc(=[N+]3CC(F)(F)C3)cc-2oc2cc(N3CC(F)(F)C3)ccc12. The maximum atomic E-state index is 13.4. The smallest absolute Gasteiger partial charge is 0.361 e. The minimum Gasteiger partial charge on any atom is -0.478 e. The van der Waals surface area contributed by atoms with Crippen LogP contribution < -0.4 is 14.8 Å². The monoisotopic (exact) mass is 483 g/mol. The van der Waals surface area contributed by atoms with Crippen LogP contribution in [0.3, 0.4) is 0 Å². The number of hydrogen-bond acceptors (Lipinski definition) is 3. The highest BCUT2D eigenvalue weighted by Gasteiger charge is 2.50. The lowest BCUT2D eigenvalue weighted by Gasteiger charge is -2.40. The second kappa shape index (κ2) is 7.31. The van der Waals surface area contributed by atoms with E-state index in [2.05, 4.69) is 0 Å². The first kappa shape index (κ1) is 21.6. The Morgan fingerprint density at radius 1 is 0.914 bits per heavy atom. The summed E-state index contributed by atoms with van der Waals surface area (Å²) in [6.07, 6.45) is 0.